The number of thioether (sulfide) groups is 1. The highest BCUT2D eigenvalue weighted by molar-refractivity contribution is 8.00. The van der Waals surface area contributed by atoms with Crippen molar-refractivity contribution in [2.75, 3.05) is 30.9 Å². The first-order valence-corrected chi connectivity index (χ1v) is 11.2. The van der Waals surface area contributed by atoms with E-state index in [0.29, 0.717) is 24.1 Å². The molecule has 3 atom stereocenters. The molecule has 0 amide bonds. The standard InChI is InChI=1S/C15H30N2O2S2/c1-12(2)13-6-4-5-7-15(13,11-16)17-8-9-20-10-14(17)21(3,18)19/h12-14H,4-11,16H2,1-3H3. The summed E-state index contributed by atoms with van der Waals surface area (Å²) < 4.78 is 24.6. The van der Waals surface area contributed by atoms with Crippen LogP contribution in [0, 0.1) is 11.8 Å². The number of hydrogen-bond donors (Lipinski definition) is 1. The molecule has 4 nitrogen and oxygen atoms in total. The normalized spacial score (nSPS) is 36.0. The highest BCUT2D eigenvalue weighted by Crippen LogP contribution is 2.44. The molecule has 1 saturated carbocycles. The van der Waals surface area contributed by atoms with Gasteiger partial charge in [0.25, 0.3) is 0 Å². The zero-order valence-corrected chi connectivity index (χ0v) is 15.2. The molecule has 3 unspecified atom stereocenters. The fourth-order valence-corrected chi connectivity index (χ4v) is 7.30. The minimum Gasteiger partial charge on any atom is -0.329 e. The van der Waals surface area contributed by atoms with Gasteiger partial charge in [0.2, 0.25) is 0 Å². The van der Waals surface area contributed by atoms with Gasteiger partial charge in [-0.1, -0.05) is 26.7 Å². The summed E-state index contributed by atoms with van der Waals surface area (Å²) in [5, 5.41) is -0.362. The van der Waals surface area contributed by atoms with Gasteiger partial charge in [-0.05, 0) is 24.7 Å². The summed E-state index contributed by atoms with van der Waals surface area (Å²) in [6.45, 7) is 5.94. The predicted molar refractivity (Wildman–Crippen MR) is 91.2 cm³/mol. The molecule has 0 aromatic rings. The van der Waals surface area contributed by atoms with E-state index in [2.05, 4.69) is 18.7 Å². The Morgan fingerprint density at radius 3 is 2.67 bits per heavy atom. The highest BCUT2D eigenvalue weighted by atomic mass is 32.2. The topological polar surface area (TPSA) is 63.4 Å². The third-order valence-corrected chi connectivity index (χ3v) is 8.02. The van der Waals surface area contributed by atoms with Gasteiger partial charge in [-0.3, -0.25) is 4.90 Å². The van der Waals surface area contributed by atoms with Crippen LogP contribution in [0.1, 0.15) is 39.5 Å². The van der Waals surface area contributed by atoms with Crippen LogP contribution in [0.15, 0.2) is 0 Å². The van der Waals surface area contributed by atoms with Crippen molar-refractivity contribution in [1.29, 1.82) is 0 Å². The summed E-state index contributed by atoms with van der Waals surface area (Å²) >= 11 is 1.75. The van der Waals surface area contributed by atoms with Crippen LogP contribution in [0.5, 0.6) is 0 Å². The molecule has 0 bridgehead atoms. The number of sulfone groups is 1. The summed E-state index contributed by atoms with van der Waals surface area (Å²) in [4.78, 5) is 2.28. The second-order valence-electron chi connectivity index (χ2n) is 6.96. The van der Waals surface area contributed by atoms with E-state index in [4.69, 9.17) is 5.73 Å². The summed E-state index contributed by atoms with van der Waals surface area (Å²) in [6, 6.07) is 0. The van der Waals surface area contributed by atoms with Crippen LogP contribution < -0.4 is 5.73 Å². The lowest BCUT2D eigenvalue weighted by molar-refractivity contribution is -0.0168. The lowest BCUT2D eigenvalue weighted by Crippen LogP contribution is -2.67. The predicted octanol–water partition coefficient (Wildman–Crippen LogP) is 1.95. The monoisotopic (exact) mass is 334 g/mol. The van der Waals surface area contributed by atoms with E-state index in [0.717, 1.165) is 18.7 Å². The average Bonchev–Trinajstić information content (AvgIpc) is 2.46. The Kier molecular flexibility index (Phi) is 5.66. The molecule has 1 saturated heterocycles. The lowest BCUT2D eigenvalue weighted by atomic mass is 9.67. The molecule has 2 rings (SSSR count). The maximum Gasteiger partial charge on any atom is 0.164 e. The molecular formula is C15H30N2O2S2. The fourth-order valence-electron chi connectivity index (χ4n) is 4.38. The molecular weight excluding hydrogens is 304 g/mol. The molecule has 2 aliphatic rings. The number of rotatable bonds is 4. The van der Waals surface area contributed by atoms with E-state index in [1.165, 1.54) is 25.5 Å². The van der Waals surface area contributed by atoms with Crippen LogP contribution in [-0.2, 0) is 9.84 Å². The van der Waals surface area contributed by atoms with Crippen molar-refractivity contribution in [2.45, 2.75) is 50.4 Å². The second-order valence-corrected chi connectivity index (χ2v) is 10.3. The van der Waals surface area contributed by atoms with Crippen molar-refractivity contribution < 1.29 is 8.42 Å². The van der Waals surface area contributed by atoms with Crippen LogP contribution >= 0.6 is 11.8 Å². The molecule has 0 aromatic heterocycles. The van der Waals surface area contributed by atoms with Crippen LogP contribution in [0.4, 0.5) is 0 Å². The molecule has 21 heavy (non-hydrogen) atoms. The highest BCUT2D eigenvalue weighted by Gasteiger charge is 2.50. The lowest BCUT2D eigenvalue weighted by Gasteiger charge is -2.55. The molecule has 2 N–H and O–H groups in total. The Morgan fingerprint density at radius 2 is 2.10 bits per heavy atom. The Morgan fingerprint density at radius 1 is 1.38 bits per heavy atom. The Bertz CT molecular complexity index is 453. The van der Waals surface area contributed by atoms with E-state index in [-0.39, 0.29) is 10.9 Å². The SMILES string of the molecule is CC(C)C1CCCCC1(CN)N1CCSCC1S(C)(=O)=O. The van der Waals surface area contributed by atoms with Crippen LogP contribution in [0.25, 0.3) is 0 Å². The Hall–Kier alpha value is 0.220. The van der Waals surface area contributed by atoms with E-state index >= 15 is 0 Å². The molecule has 0 radical (unpaired) electrons. The first-order valence-electron chi connectivity index (χ1n) is 8.06. The van der Waals surface area contributed by atoms with Gasteiger partial charge < -0.3 is 5.73 Å². The molecule has 6 heteroatoms. The summed E-state index contributed by atoms with van der Waals surface area (Å²) in [5.74, 6) is 2.75. The minimum absolute atomic E-state index is 0.124. The average molecular weight is 335 g/mol. The van der Waals surface area contributed by atoms with E-state index in [1.807, 2.05) is 0 Å². The zero-order valence-electron chi connectivity index (χ0n) is 13.5. The van der Waals surface area contributed by atoms with Crippen molar-refractivity contribution in [3.8, 4) is 0 Å². The summed E-state index contributed by atoms with van der Waals surface area (Å²) in [5.41, 5.74) is 6.14. The molecule has 0 aromatic carbocycles. The molecule has 2 fully saturated rings. The largest absolute Gasteiger partial charge is 0.329 e. The molecule has 1 aliphatic carbocycles. The molecule has 124 valence electrons. The quantitative estimate of drug-likeness (QED) is 0.851. The van der Waals surface area contributed by atoms with E-state index in [1.54, 1.807) is 11.8 Å². The van der Waals surface area contributed by atoms with Crippen LogP contribution in [-0.4, -0.2) is 55.1 Å². The van der Waals surface area contributed by atoms with Gasteiger partial charge in [-0.2, -0.15) is 11.8 Å². The molecule has 1 aliphatic heterocycles. The van der Waals surface area contributed by atoms with Crippen LogP contribution in [0.3, 0.4) is 0 Å². The third kappa shape index (κ3) is 3.43. The second kappa shape index (κ2) is 6.77. The number of nitrogens with zero attached hydrogens (tertiary/aromatic N) is 1. The molecule has 0 spiro atoms. The van der Waals surface area contributed by atoms with Gasteiger partial charge in [-0.25, -0.2) is 8.42 Å². The Balaban J connectivity index is 2.40. The van der Waals surface area contributed by atoms with E-state index < -0.39 is 9.84 Å². The van der Waals surface area contributed by atoms with Crippen molar-refractivity contribution >= 4 is 21.6 Å². The van der Waals surface area contributed by atoms with Gasteiger partial charge in [0.15, 0.2) is 9.84 Å². The minimum atomic E-state index is -3.07. The van der Waals surface area contributed by atoms with Gasteiger partial charge in [-0.15, -0.1) is 0 Å². The third-order valence-electron chi connectivity index (χ3n) is 5.37. The van der Waals surface area contributed by atoms with Crippen LogP contribution in [0.2, 0.25) is 0 Å². The van der Waals surface area contributed by atoms with Crippen molar-refractivity contribution in [2.24, 2.45) is 17.6 Å². The van der Waals surface area contributed by atoms with Gasteiger partial charge in [0.05, 0.1) is 0 Å². The zero-order chi connectivity index (χ0) is 15.7. The first kappa shape index (κ1) is 17.6. The summed E-state index contributed by atoms with van der Waals surface area (Å²) in [7, 11) is -3.07. The maximum atomic E-state index is 12.3. The van der Waals surface area contributed by atoms with Gasteiger partial charge in [0.1, 0.15) is 5.37 Å². The van der Waals surface area contributed by atoms with Crippen molar-refractivity contribution in [3.05, 3.63) is 0 Å². The fraction of sp³-hybridized carbons (Fsp3) is 1.00. The van der Waals surface area contributed by atoms with Gasteiger partial charge >= 0.3 is 0 Å². The first-order chi connectivity index (χ1) is 9.83. The van der Waals surface area contributed by atoms with Crippen molar-refractivity contribution in [3.63, 3.8) is 0 Å². The maximum absolute atomic E-state index is 12.3. The van der Waals surface area contributed by atoms with Gasteiger partial charge in [0, 0.05) is 36.4 Å². The smallest absolute Gasteiger partial charge is 0.164 e. The Labute approximate surface area is 134 Å². The summed E-state index contributed by atoms with van der Waals surface area (Å²) in [6.07, 6.45) is 6.02. The number of hydrogen-bond acceptors (Lipinski definition) is 5. The van der Waals surface area contributed by atoms with E-state index in [9.17, 15) is 8.42 Å². The van der Waals surface area contributed by atoms with Crippen molar-refractivity contribution in [1.82, 2.24) is 4.90 Å². The molecule has 1 heterocycles. The number of nitrogens with two attached hydrogens (primary N) is 1.